The van der Waals surface area contributed by atoms with Crippen LogP contribution in [0, 0.1) is 0 Å². The summed E-state index contributed by atoms with van der Waals surface area (Å²) >= 11 is 13.1. The average molecular weight is 466 g/mol. The molecule has 5 nitrogen and oxygen atoms in total. The second kappa shape index (κ2) is 10.2. The Morgan fingerprint density at radius 2 is 1.83 bits per heavy atom. The lowest BCUT2D eigenvalue weighted by Crippen LogP contribution is -2.28. The summed E-state index contributed by atoms with van der Waals surface area (Å²) in [6.45, 7) is 4.94. The zero-order chi connectivity index (χ0) is 21.7. The molecule has 0 atom stereocenters. The van der Waals surface area contributed by atoms with E-state index in [9.17, 15) is 9.59 Å². The fraction of sp³-hybridized carbons (Fsp3) is 0.273. The van der Waals surface area contributed by atoms with Crippen molar-refractivity contribution in [2.45, 2.75) is 26.9 Å². The van der Waals surface area contributed by atoms with Crippen LogP contribution in [-0.2, 0) is 11.4 Å². The van der Waals surface area contributed by atoms with Crippen molar-refractivity contribution in [3.63, 3.8) is 0 Å². The molecule has 0 radical (unpaired) electrons. The fourth-order valence-electron chi connectivity index (χ4n) is 2.86. The molecule has 0 aliphatic carbocycles. The van der Waals surface area contributed by atoms with Gasteiger partial charge in [-0.05, 0) is 61.0 Å². The van der Waals surface area contributed by atoms with Gasteiger partial charge in [-0.3, -0.25) is 14.5 Å². The van der Waals surface area contributed by atoms with E-state index in [1.807, 2.05) is 26.0 Å². The monoisotopic (exact) mass is 465 g/mol. The molecule has 0 unspecified atom stereocenters. The number of nitrogens with zero attached hydrogens (tertiary/aromatic N) is 1. The zero-order valence-corrected chi connectivity index (χ0v) is 18.9. The molecule has 30 heavy (non-hydrogen) atoms. The Labute approximate surface area is 189 Å². The van der Waals surface area contributed by atoms with Gasteiger partial charge < -0.3 is 9.47 Å². The SMILES string of the molecule is CCCN1C(=O)SC(=Cc2ccc(OCc3ccc(Cl)cc3Cl)c(OCC)c2)C1=O. The van der Waals surface area contributed by atoms with Gasteiger partial charge in [-0.25, -0.2) is 0 Å². The molecule has 3 rings (SSSR count). The highest BCUT2D eigenvalue weighted by Gasteiger charge is 2.34. The third kappa shape index (κ3) is 5.31. The molecule has 2 amide bonds. The largest absolute Gasteiger partial charge is 0.490 e. The third-order valence-electron chi connectivity index (χ3n) is 4.28. The highest BCUT2D eigenvalue weighted by Crippen LogP contribution is 2.35. The van der Waals surface area contributed by atoms with Gasteiger partial charge in [0.05, 0.1) is 11.5 Å². The molecule has 1 aliphatic rings. The molecule has 158 valence electrons. The number of thioether (sulfide) groups is 1. The lowest BCUT2D eigenvalue weighted by atomic mass is 10.1. The summed E-state index contributed by atoms with van der Waals surface area (Å²) in [6.07, 6.45) is 2.42. The molecule has 1 saturated heterocycles. The molecule has 0 N–H and O–H groups in total. The van der Waals surface area contributed by atoms with Gasteiger partial charge in [0.15, 0.2) is 11.5 Å². The number of carbonyl (C=O) groups excluding carboxylic acids is 2. The smallest absolute Gasteiger partial charge is 0.293 e. The van der Waals surface area contributed by atoms with Crippen molar-refractivity contribution in [3.05, 3.63) is 62.5 Å². The van der Waals surface area contributed by atoms with Crippen LogP contribution in [-0.4, -0.2) is 29.2 Å². The summed E-state index contributed by atoms with van der Waals surface area (Å²) in [5.74, 6) is 0.839. The minimum Gasteiger partial charge on any atom is -0.490 e. The minimum atomic E-state index is -0.262. The molecule has 1 fully saturated rings. The van der Waals surface area contributed by atoms with E-state index < -0.39 is 0 Å². The third-order valence-corrected chi connectivity index (χ3v) is 5.78. The lowest BCUT2D eigenvalue weighted by molar-refractivity contribution is -0.122. The van der Waals surface area contributed by atoms with Crippen LogP contribution in [0.3, 0.4) is 0 Å². The molecule has 2 aromatic carbocycles. The van der Waals surface area contributed by atoms with Crippen LogP contribution < -0.4 is 9.47 Å². The molecule has 0 bridgehead atoms. The van der Waals surface area contributed by atoms with Crippen molar-refractivity contribution < 1.29 is 19.1 Å². The Kier molecular flexibility index (Phi) is 7.69. The number of hydrogen-bond acceptors (Lipinski definition) is 5. The average Bonchev–Trinajstić information content (AvgIpc) is 2.96. The topological polar surface area (TPSA) is 55.8 Å². The van der Waals surface area contributed by atoms with E-state index in [-0.39, 0.29) is 17.8 Å². The summed E-state index contributed by atoms with van der Waals surface area (Å²) in [4.78, 5) is 26.1. The Balaban J connectivity index is 1.79. The molecule has 1 aliphatic heterocycles. The number of ether oxygens (including phenoxy) is 2. The quantitative estimate of drug-likeness (QED) is 0.421. The molecular weight excluding hydrogens is 445 g/mol. The van der Waals surface area contributed by atoms with Gasteiger partial charge in [0, 0.05) is 22.2 Å². The molecule has 0 spiro atoms. The lowest BCUT2D eigenvalue weighted by Gasteiger charge is -2.13. The van der Waals surface area contributed by atoms with Crippen LogP contribution in [0.4, 0.5) is 4.79 Å². The van der Waals surface area contributed by atoms with E-state index in [1.54, 1.807) is 30.3 Å². The zero-order valence-electron chi connectivity index (χ0n) is 16.6. The second-order valence-corrected chi connectivity index (χ2v) is 8.33. The van der Waals surface area contributed by atoms with Crippen LogP contribution in [0.1, 0.15) is 31.4 Å². The number of hydrogen-bond donors (Lipinski definition) is 0. The standard InChI is InChI=1S/C22H21Cl2NO4S/c1-3-9-25-21(26)20(30-22(25)27)11-14-5-8-18(19(10-14)28-4-2)29-13-15-6-7-16(23)12-17(15)24/h5-8,10-12H,3-4,9,13H2,1-2H3. The number of amides is 2. The Morgan fingerprint density at radius 1 is 1.03 bits per heavy atom. The van der Waals surface area contributed by atoms with Gasteiger partial charge in [0.2, 0.25) is 0 Å². The van der Waals surface area contributed by atoms with E-state index in [1.165, 1.54) is 4.90 Å². The first kappa shape index (κ1) is 22.5. The highest BCUT2D eigenvalue weighted by atomic mass is 35.5. The second-order valence-electron chi connectivity index (χ2n) is 6.50. The van der Waals surface area contributed by atoms with Crippen LogP contribution in [0.2, 0.25) is 10.0 Å². The van der Waals surface area contributed by atoms with Crippen molar-refractivity contribution >= 4 is 52.2 Å². The number of carbonyl (C=O) groups is 2. The summed E-state index contributed by atoms with van der Waals surface area (Å²) in [5, 5.41) is 0.851. The van der Waals surface area contributed by atoms with Gasteiger partial charge in [-0.15, -0.1) is 0 Å². The van der Waals surface area contributed by atoms with E-state index in [4.69, 9.17) is 32.7 Å². The van der Waals surface area contributed by atoms with Crippen molar-refractivity contribution in [1.82, 2.24) is 4.90 Å². The van der Waals surface area contributed by atoms with Crippen LogP contribution >= 0.6 is 35.0 Å². The molecule has 2 aromatic rings. The number of benzene rings is 2. The molecule has 0 saturated carbocycles. The van der Waals surface area contributed by atoms with Gasteiger partial charge in [0.1, 0.15) is 6.61 Å². The van der Waals surface area contributed by atoms with E-state index in [2.05, 4.69) is 0 Å². The van der Waals surface area contributed by atoms with Crippen molar-refractivity contribution in [3.8, 4) is 11.5 Å². The number of rotatable bonds is 8. The molecule has 8 heteroatoms. The Morgan fingerprint density at radius 3 is 2.53 bits per heavy atom. The highest BCUT2D eigenvalue weighted by molar-refractivity contribution is 8.18. The van der Waals surface area contributed by atoms with E-state index >= 15 is 0 Å². The summed E-state index contributed by atoms with van der Waals surface area (Å²) in [7, 11) is 0. The first-order chi connectivity index (χ1) is 14.4. The summed E-state index contributed by atoms with van der Waals surface area (Å²) in [6, 6.07) is 10.6. The van der Waals surface area contributed by atoms with Crippen molar-refractivity contribution in [1.29, 1.82) is 0 Å². The molecular formula is C22H21Cl2NO4S. The summed E-state index contributed by atoms with van der Waals surface area (Å²) in [5.41, 5.74) is 1.55. The maximum absolute atomic E-state index is 12.4. The van der Waals surface area contributed by atoms with Crippen LogP contribution in [0.5, 0.6) is 11.5 Å². The number of halogens is 2. The van der Waals surface area contributed by atoms with Crippen LogP contribution in [0.15, 0.2) is 41.3 Å². The van der Waals surface area contributed by atoms with Gasteiger partial charge >= 0.3 is 0 Å². The van der Waals surface area contributed by atoms with Gasteiger partial charge in [0.25, 0.3) is 11.1 Å². The molecule has 0 aromatic heterocycles. The minimum absolute atomic E-state index is 0.238. The normalized spacial score (nSPS) is 15.2. The van der Waals surface area contributed by atoms with E-state index in [0.717, 1.165) is 29.3 Å². The predicted molar refractivity (Wildman–Crippen MR) is 121 cm³/mol. The Hall–Kier alpha value is -2.15. The fourth-order valence-corrected chi connectivity index (χ4v) is 4.19. The van der Waals surface area contributed by atoms with Gasteiger partial charge in [-0.1, -0.05) is 42.3 Å². The van der Waals surface area contributed by atoms with Crippen molar-refractivity contribution in [2.75, 3.05) is 13.2 Å². The predicted octanol–water partition coefficient (Wildman–Crippen LogP) is 6.42. The first-order valence-corrected chi connectivity index (χ1v) is 11.1. The first-order valence-electron chi connectivity index (χ1n) is 9.51. The molecule has 1 heterocycles. The summed E-state index contributed by atoms with van der Waals surface area (Å²) < 4.78 is 11.6. The van der Waals surface area contributed by atoms with Crippen LogP contribution in [0.25, 0.3) is 6.08 Å². The van der Waals surface area contributed by atoms with Crippen molar-refractivity contribution in [2.24, 2.45) is 0 Å². The van der Waals surface area contributed by atoms with Gasteiger partial charge in [-0.2, -0.15) is 0 Å². The van der Waals surface area contributed by atoms with E-state index in [0.29, 0.717) is 39.6 Å². The Bertz CT molecular complexity index is 993. The number of imide groups is 1. The maximum Gasteiger partial charge on any atom is 0.293 e. The maximum atomic E-state index is 12.4.